The van der Waals surface area contributed by atoms with Crippen LogP contribution in [0.25, 0.3) is 0 Å². The van der Waals surface area contributed by atoms with Gasteiger partial charge in [0.05, 0.1) is 6.20 Å². The van der Waals surface area contributed by atoms with E-state index in [-0.39, 0.29) is 0 Å². The minimum atomic E-state index is 0.620. The number of benzene rings is 1. The van der Waals surface area contributed by atoms with Crippen molar-refractivity contribution in [3.63, 3.8) is 0 Å². The average molecular weight is 342 g/mol. The molecule has 4 rings (SSSR count). The minimum absolute atomic E-state index is 0.620. The molecule has 0 amide bonds. The van der Waals surface area contributed by atoms with Crippen molar-refractivity contribution in [1.82, 2.24) is 15.1 Å². The van der Waals surface area contributed by atoms with E-state index in [4.69, 9.17) is 0 Å². The van der Waals surface area contributed by atoms with Crippen molar-refractivity contribution in [1.29, 1.82) is 0 Å². The highest BCUT2D eigenvalue weighted by Crippen LogP contribution is 2.32. The number of rotatable bonds is 4. The van der Waals surface area contributed by atoms with Gasteiger partial charge in [-0.15, -0.1) is 0 Å². The number of aromatic amines is 1. The topological polar surface area (TPSA) is 31.9 Å². The van der Waals surface area contributed by atoms with Crippen LogP contribution in [0, 0.1) is 0 Å². The number of hydrogen-bond acceptors (Lipinski definition) is 3. The van der Waals surface area contributed by atoms with Crippen molar-refractivity contribution in [2.75, 3.05) is 24.6 Å². The fourth-order valence-electron chi connectivity index (χ4n) is 4.26. The van der Waals surface area contributed by atoms with Crippen molar-refractivity contribution in [2.45, 2.75) is 44.1 Å². The Hall–Kier alpha value is -1.26. The summed E-state index contributed by atoms with van der Waals surface area (Å²) in [6.45, 7) is 2.49. The minimum Gasteiger partial charge on any atom is -0.300 e. The van der Waals surface area contributed by atoms with E-state index in [0.717, 1.165) is 12.5 Å². The third-order valence-electron chi connectivity index (χ3n) is 5.56. The second-order valence-corrected chi connectivity index (χ2v) is 8.37. The van der Waals surface area contributed by atoms with Crippen molar-refractivity contribution in [3.8, 4) is 0 Å². The maximum atomic E-state index is 4.38. The highest BCUT2D eigenvalue weighted by molar-refractivity contribution is 7.99. The maximum Gasteiger partial charge on any atom is 0.0525 e. The molecule has 0 radical (unpaired) electrons. The fraction of sp³-hybridized carbons (Fsp3) is 0.550. The van der Waals surface area contributed by atoms with Crippen molar-refractivity contribution < 1.29 is 0 Å². The molecule has 0 bridgehead atoms. The lowest BCUT2D eigenvalue weighted by molar-refractivity contribution is 0.139. The highest BCUT2D eigenvalue weighted by Gasteiger charge is 2.29. The fourth-order valence-corrected chi connectivity index (χ4v) is 5.34. The predicted molar refractivity (Wildman–Crippen MR) is 102 cm³/mol. The zero-order valence-corrected chi connectivity index (χ0v) is 15.1. The van der Waals surface area contributed by atoms with Crippen molar-refractivity contribution in [3.05, 3.63) is 53.3 Å². The van der Waals surface area contributed by atoms with Gasteiger partial charge in [-0.1, -0.05) is 30.3 Å². The van der Waals surface area contributed by atoms with Crippen molar-refractivity contribution in [2.24, 2.45) is 0 Å². The van der Waals surface area contributed by atoms with Crippen LogP contribution >= 0.6 is 11.8 Å². The Morgan fingerprint density at radius 1 is 1.12 bits per heavy atom. The van der Waals surface area contributed by atoms with Crippen LogP contribution in [0.3, 0.4) is 0 Å². The highest BCUT2D eigenvalue weighted by atomic mass is 32.2. The number of piperidine rings is 1. The van der Waals surface area contributed by atoms with Gasteiger partial charge in [0.25, 0.3) is 0 Å². The molecule has 0 unspecified atom stereocenters. The van der Waals surface area contributed by atoms with Gasteiger partial charge in [0.15, 0.2) is 0 Å². The second kappa shape index (κ2) is 7.75. The number of thioether (sulfide) groups is 1. The van der Waals surface area contributed by atoms with Gasteiger partial charge < -0.3 is 0 Å². The lowest BCUT2D eigenvalue weighted by Gasteiger charge is -2.39. The molecule has 0 aliphatic carbocycles. The maximum absolute atomic E-state index is 4.38. The van der Waals surface area contributed by atoms with Crippen LogP contribution in [0.5, 0.6) is 0 Å². The first kappa shape index (κ1) is 16.2. The molecule has 2 aliphatic heterocycles. The van der Waals surface area contributed by atoms with Crippen LogP contribution < -0.4 is 0 Å². The Bertz CT molecular complexity index is 633. The summed E-state index contributed by atoms with van der Waals surface area (Å²) in [4.78, 5) is 2.76. The Morgan fingerprint density at radius 2 is 1.96 bits per heavy atom. The molecule has 1 aromatic carbocycles. The summed E-state index contributed by atoms with van der Waals surface area (Å²) in [5, 5.41) is 7.72. The van der Waals surface area contributed by atoms with Gasteiger partial charge >= 0.3 is 0 Å². The zero-order valence-electron chi connectivity index (χ0n) is 14.3. The van der Waals surface area contributed by atoms with Crippen LogP contribution in [0.15, 0.2) is 36.5 Å². The molecule has 0 saturated carbocycles. The molecule has 2 aromatic rings. The summed E-state index contributed by atoms with van der Waals surface area (Å²) in [5.74, 6) is 3.30. The predicted octanol–water partition coefficient (Wildman–Crippen LogP) is 4.08. The molecule has 1 N–H and O–H groups in total. The van der Waals surface area contributed by atoms with Gasteiger partial charge in [-0.05, 0) is 54.9 Å². The number of nitrogens with zero attached hydrogens (tertiary/aromatic N) is 2. The zero-order chi connectivity index (χ0) is 16.2. The second-order valence-electron chi connectivity index (χ2n) is 7.15. The molecule has 3 nitrogen and oxygen atoms in total. The standard InChI is InChI=1S/C20H27N3S/c1-2-5-16(6-3-1)13-18-14-21-22-20(18)17-7-4-10-23(15-17)19-8-11-24-12-9-19/h1-3,5-6,14,17,19H,4,7-13,15H2,(H,21,22)/t17-/m0/s1. The van der Waals surface area contributed by atoms with E-state index in [2.05, 4.69) is 57.2 Å². The Kier molecular flexibility index (Phi) is 5.24. The molecule has 128 valence electrons. The lowest BCUT2D eigenvalue weighted by atomic mass is 9.89. The summed E-state index contributed by atoms with van der Waals surface area (Å²) < 4.78 is 0. The quantitative estimate of drug-likeness (QED) is 0.909. The van der Waals surface area contributed by atoms with Gasteiger partial charge in [-0.25, -0.2) is 0 Å². The summed E-state index contributed by atoms with van der Waals surface area (Å²) in [6.07, 6.45) is 8.39. The Balaban J connectivity index is 1.46. The largest absolute Gasteiger partial charge is 0.300 e. The van der Waals surface area contributed by atoms with E-state index < -0.39 is 0 Å². The first-order chi connectivity index (χ1) is 11.9. The van der Waals surface area contributed by atoms with Crippen molar-refractivity contribution >= 4 is 11.8 Å². The Labute approximate surface area is 149 Å². The molecular formula is C20H27N3S. The number of nitrogens with one attached hydrogen (secondary N) is 1. The Morgan fingerprint density at radius 3 is 2.79 bits per heavy atom. The van der Waals surface area contributed by atoms with Gasteiger partial charge in [-0.3, -0.25) is 10.00 Å². The first-order valence-electron chi connectivity index (χ1n) is 9.28. The smallest absolute Gasteiger partial charge is 0.0525 e. The SMILES string of the molecule is c1ccc(Cc2cn[nH]c2[C@H]2CCCN(C3CCSCC3)C2)cc1. The third-order valence-corrected chi connectivity index (χ3v) is 6.61. The van der Waals surface area contributed by atoms with Gasteiger partial charge in [-0.2, -0.15) is 16.9 Å². The van der Waals surface area contributed by atoms with E-state index in [9.17, 15) is 0 Å². The number of likely N-dealkylation sites (tertiary alicyclic amines) is 1. The van der Waals surface area contributed by atoms with Gasteiger partial charge in [0.2, 0.25) is 0 Å². The molecule has 2 aliphatic rings. The number of aromatic nitrogens is 2. The van der Waals surface area contributed by atoms with Crippen LogP contribution in [0.4, 0.5) is 0 Å². The molecule has 1 atom stereocenters. The van der Waals surface area contributed by atoms with E-state index in [1.165, 1.54) is 67.1 Å². The summed E-state index contributed by atoms with van der Waals surface area (Å²) in [5.41, 5.74) is 4.14. The third kappa shape index (κ3) is 3.70. The van der Waals surface area contributed by atoms with E-state index in [1.54, 1.807) is 0 Å². The van der Waals surface area contributed by atoms with E-state index in [1.807, 2.05) is 6.20 Å². The molecular weight excluding hydrogens is 314 g/mol. The average Bonchev–Trinajstić information content (AvgIpc) is 3.12. The van der Waals surface area contributed by atoms with Crippen LogP contribution in [-0.2, 0) is 6.42 Å². The number of hydrogen-bond donors (Lipinski definition) is 1. The van der Waals surface area contributed by atoms with Crippen LogP contribution in [0.2, 0.25) is 0 Å². The van der Waals surface area contributed by atoms with E-state index >= 15 is 0 Å². The van der Waals surface area contributed by atoms with Gasteiger partial charge in [0.1, 0.15) is 0 Å². The molecule has 2 saturated heterocycles. The summed E-state index contributed by atoms with van der Waals surface area (Å²) in [7, 11) is 0. The summed E-state index contributed by atoms with van der Waals surface area (Å²) >= 11 is 2.12. The first-order valence-corrected chi connectivity index (χ1v) is 10.4. The molecule has 1 aromatic heterocycles. The lowest BCUT2D eigenvalue weighted by Crippen LogP contribution is -2.43. The normalized spacial score (nSPS) is 23.4. The summed E-state index contributed by atoms with van der Waals surface area (Å²) in [6, 6.07) is 11.6. The molecule has 4 heteroatoms. The van der Waals surface area contributed by atoms with Crippen LogP contribution in [0.1, 0.15) is 48.4 Å². The molecule has 2 fully saturated rings. The molecule has 3 heterocycles. The molecule has 24 heavy (non-hydrogen) atoms. The molecule has 0 spiro atoms. The monoisotopic (exact) mass is 341 g/mol. The number of H-pyrrole nitrogens is 1. The van der Waals surface area contributed by atoms with E-state index in [0.29, 0.717) is 5.92 Å². The van der Waals surface area contributed by atoms with Crippen LogP contribution in [-0.4, -0.2) is 45.7 Å². The van der Waals surface area contributed by atoms with Gasteiger partial charge in [0, 0.05) is 30.6 Å².